The van der Waals surface area contributed by atoms with Gasteiger partial charge in [-0.2, -0.15) is 0 Å². The number of esters is 1. The van der Waals surface area contributed by atoms with E-state index in [1.165, 1.54) is 0 Å². The predicted octanol–water partition coefficient (Wildman–Crippen LogP) is 2.09. The van der Waals surface area contributed by atoms with Crippen molar-refractivity contribution in [2.75, 3.05) is 13.2 Å². The maximum Gasteiger partial charge on any atom is 0.516 e. The fourth-order valence-electron chi connectivity index (χ4n) is 1.21. The molecule has 0 aromatic rings. The number of hydrogen-bond acceptors (Lipinski definition) is 6. The van der Waals surface area contributed by atoms with E-state index in [1.54, 1.807) is 20.8 Å². The van der Waals surface area contributed by atoms with Crippen molar-refractivity contribution in [3.63, 3.8) is 0 Å². The van der Waals surface area contributed by atoms with E-state index in [1.807, 2.05) is 13.8 Å². The van der Waals surface area contributed by atoms with Crippen molar-refractivity contribution in [2.24, 2.45) is 11.8 Å². The molecule has 0 bridgehead atoms. The van der Waals surface area contributed by atoms with Gasteiger partial charge in [0.15, 0.2) is 0 Å². The minimum atomic E-state index is -1.07. The molecule has 7 heteroatoms. The second-order valence-corrected chi connectivity index (χ2v) is 4.96. The zero-order chi connectivity index (χ0) is 15.7. The van der Waals surface area contributed by atoms with Gasteiger partial charge in [0, 0.05) is 0 Å². The van der Waals surface area contributed by atoms with Crippen molar-refractivity contribution >= 4 is 18.2 Å². The van der Waals surface area contributed by atoms with Crippen LogP contribution in [0.4, 0.5) is 9.59 Å². The molecule has 116 valence electrons. The number of rotatable bonds is 6. The van der Waals surface area contributed by atoms with Gasteiger partial charge in [0.2, 0.25) is 0 Å². The van der Waals surface area contributed by atoms with E-state index in [0.717, 1.165) is 0 Å². The van der Waals surface area contributed by atoms with Gasteiger partial charge < -0.3 is 19.5 Å². The van der Waals surface area contributed by atoms with Crippen LogP contribution < -0.4 is 5.32 Å². The van der Waals surface area contributed by atoms with Gasteiger partial charge in [0.05, 0.1) is 13.2 Å². The number of amides is 1. The van der Waals surface area contributed by atoms with Crippen LogP contribution in [0.15, 0.2) is 0 Å². The van der Waals surface area contributed by atoms with Gasteiger partial charge in [-0.25, -0.2) is 14.4 Å². The predicted molar refractivity (Wildman–Crippen MR) is 71.1 cm³/mol. The van der Waals surface area contributed by atoms with Crippen molar-refractivity contribution in [1.29, 1.82) is 0 Å². The number of hydrogen-bond donors (Lipinski definition) is 1. The highest BCUT2D eigenvalue weighted by Crippen LogP contribution is 2.06. The van der Waals surface area contributed by atoms with E-state index in [-0.39, 0.29) is 25.0 Å². The standard InChI is InChI=1S/C13H23NO6/c1-6-18-12(16)14-10(9(4)5)11(15)20-13(17)19-7-8(2)3/h8-10H,6-7H2,1-5H3,(H,14,16)/t10-/m0/s1. The first kappa shape index (κ1) is 18.2. The van der Waals surface area contributed by atoms with Crippen molar-refractivity contribution < 1.29 is 28.6 Å². The molecule has 20 heavy (non-hydrogen) atoms. The molecule has 0 aliphatic carbocycles. The Morgan fingerprint density at radius 2 is 1.65 bits per heavy atom. The summed E-state index contributed by atoms with van der Waals surface area (Å²) in [6, 6.07) is -0.972. The Hall–Kier alpha value is -1.79. The summed E-state index contributed by atoms with van der Waals surface area (Å²) in [6.45, 7) is 9.11. The van der Waals surface area contributed by atoms with E-state index >= 15 is 0 Å². The normalized spacial score (nSPS) is 11.9. The van der Waals surface area contributed by atoms with Crippen LogP contribution in [-0.4, -0.2) is 37.5 Å². The zero-order valence-corrected chi connectivity index (χ0v) is 12.6. The van der Waals surface area contributed by atoms with Crippen LogP contribution in [0.3, 0.4) is 0 Å². The average molecular weight is 289 g/mol. The molecule has 0 aliphatic rings. The lowest BCUT2D eigenvalue weighted by Crippen LogP contribution is -2.46. The highest BCUT2D eigenvalue weighted by Gasteiger charge is 2.28. The van der Waals surface area contributed by atoms with E-state index in [4.69, 9.17) is 4.74 Å². The topological polar surface area (TPSA) is 90.9 Å². The Morgan fingerprint density at radius 3 is 2.10 bits per heavy atom. The minimum Gasteiger partial charge on any atom is -0.450 e. The summed E-state index contributed by atoms with van der Waals surface area (Å²) in [6.07, 6.45) is -1.81. The number of alkyl carbamates (subject to hydrolysis) is 1. The molecule has 0 radical (unpaired) electrons. The number of carbonyl (C=O) groups excluding carboxylic acids is 3. The Balaban J connectivity index is 4.42. The van der Waals surface area contributed by atoms with Crippen molar-refractivity contribution in [3.8, 4) is 0 Å². The molecule has 0 heterocycles. The fourth-order valence-corrected chi connectivity index (χ4v) is 1.21. The molecule has 1 amide bonds. The average Bonchev–Trinajstić information content (AvgIpc) is 2.33. The summed E-state index contributed by atoms with van der Waals surface area (Å²) in [5, 5.41) is 2.34. The van der Waals surface area contributed by atoms with Crippen LogP contribution >= 0.6 is 0 Å². The molecule has 0 rings (SSSR count). The summed E-state index contributed by atoms with van der Waals surface area (Å²) >= 11 is 0. The van der Waals surface area contributed by atoms with Gasteiger partial charge >= 0.3 is 18.2 Å². The molecule has 0 fully saturated rings. The number of carbonyl (C=O) groups is 3. The van der Waals surface area contributed by atoms with Gasteiger partial charge in [0.1, 0.15) is 6.04 Å². The molecule has 7 nitrogen and oxygen atoms in total. The van der Waals surface area contributed by atoms with Gasteiger partial charge in [-0.05, 0) is 18.8 Å². The second kappa shape index (κ2) is 9.17. The third kappa shape index (κ3) is 7.60. The molecular formula is C13H23NO6. The van der Waals surface area contributed by atoms with Crippen LogP contribution in [0.5, 0.6) is 0 Å². The minimum absolute atomic E-state index is 0.135. The van der Waals surface area contributed by atoms with Gasteiger partial charge in [-0.3, -0.25) is 0 Å². The SMILES string of the molecule is CCOC(=O)N[C@H](C(=O)OC(=O)OCC(C)C)C(C)C. The lowest BCUT2D eigenvalue weighted by atomic mass is 10.1. The first-order chi connectivity index (χ1) is 9.27. The molecule has 0 spiro atoms. The molecule has 0 unspecified atom stereocenters. The van der Waals surface area contributed by atoms with E-state index in [9.17, 15) is 14.4 Å². The first-order valence-corrected chi connectivity index (χ1v) is 6.59. The quantitative estimate of drug-likeness (QED) is 0.594. The molecule has 1 N–H and O–H groups in total. The summed E-state index contributed by atoms with van der Waals surface area (Å²) in [5.41, 5.74) is 0. The Labute approximate surface area is 118 Å². The summed E-state index contributed by atoms with van der Waals surface area (Å²) in [7, 11) is 0. The van der Waals surface area contributed by atoms with E-state index in [2.05, 4.69) is 14.8 Å². The van der Waals surface area contributed by atoms with Crippen LogP contribution in [0.1, 0.15) is 34.6 Å². The molecule has 0 aliphatic heterocycles. The lowest BCUT2D eigenvalue weighted by molar-refractivity contribution is -0.143. The lowest BCUT2D eigenvalue weighted by Gasteiger charge is -2.19. The monoisotopic (exact) mass is 289 g/mol. The van der Waals surface area contributed by atoms with Gasteiger partial charge in [0.25, 0.3) is 0 Å². The largest absolute Gasteiger partial charge is 0.516 e. The van der Waals surface area contributed by atoms with E-state index < -0.39 is 24.3 Å². The molecule has 0 saturated carbocycles. The van der Waals surface area contributed by atoms with Crippen LogP contribution in [0.2, 0.25) is 0 Å². The highest BCUT2D eigenvalue weighted by molar-refractivity contribution is 5.88. The van der Waals surface area contributed by atoms with Gasteiger partial charge in [-0.15, -0.1) is 0 Å². The third-order valence-corrected chi connectivity index (χ3v) is 2.19. The van der Waals surface area contributed by atoms with Crippen LogP contribution in [0, 0.1) is 11.8 Å². The molecule has 0 aromatic heterocycles. The van der Waals surface area contributed by atoms with Crippen molar-refractivity contribution in [3.05, 3.63) is 0 Å². The summed E-state index contributed by atoms with van der Waals surface area (Å²) < 4.78 is 13.9. The molecule has 0 saturated heterocycles. The molecule has 0 aromatic carbocycles. The summed E-state index contributed by atoms with van der Waals surface area (Å²) in [4.78, 5) is 34.4. The molecule has 1 atom stereocenters. The number of nitrogens with one attached hydrogen (secondary N) is 1. The third-order valence-electron chi connectivity index (χ3n) is 2.19. The Morgan fingerprint density at radius 1 is 1.05 bits per heavy atom. The van der Waals surface area contributed by atoms with Crippen LogP contribution in [-0.2, 0) is 19.0 Å². The highest BCUT2D eigenvalue weighted by atomic mass is 16.7. The number of ether oxygens (including phenoxy) is 3. The van der Waals surface area contributed by atoms with Gasteiger partial charge in [-0.1, -0.05) is 27.7 Å². The van der Waals surface area contributed by atoms with Crippen molar-refractivity contribution in [1.82, 2.24) is 5.32 Å². The second-order valence-electron chi connectivity index (χ2n) is 4.96. The maximum atomic E-state index is 11.8. The zero-order valence-electron chi connectivity index (χ0n) is 12.6. The Bertz CT molecular complexity index is 340. The first-order valence-electron chi connectivity index (χ1n) is 6.59. The smallest absolute Gasteiger partial charge is 0.450 e. The van der Waals surface area contributed by atoms with Crippen LogP contribution in [0.25, 0.3) is 0 Å². The molecular weight excluding hydrogens is 266 g/mol. The van der Waals surface area contributed by atoms with E-state index in [0.29, 0.717) is 0 Å². The fraction of sp³-hybridized carbons (Fsp3) is 0.769. The Kier molecular flexibility index (Phi) is 8.35. The maximum absolute atomic E-state index is 11.8. The van der Waals surface area contributed by atoms with Crippen molar-refractivity contribution in [2.45, 2.75) is 40.7 Å². The summed E-state index contributed by atoms with van der Waals surface area (Å²) in [5.74, 6) is -0.997.